The second-order valence-electron chi connectivity index (χ2n) is 6.37. The van der Waals surface area contributed by atoms with Gasteiger partial charge in [0, 0.05) is 5.69 Å². The number of phenolic OH excluding ortho intramolecular Hbond substituents is 2. The Morgan fingerprint density at radius 2 is 1.48 bits per heavy atom. The number of benzene rings is 2. The lowest BCUT2D eigenvalue weighted by atomic mass is 9.85. The maximum absolute atomic E-state index is 9.97. The zero-order chi connectivity index (χ0) is 15.6. The topological polar surface area (TPSA) is 52.5 Å². The van der Waals surface area contributed by atoms with Crippen molar-refractivity contribution in [3.63, 3.8) is 0 Å². The largest absolute Gasteiger partial charge is 0.507 e. The van der Waals surface area contributed by atoms with E-state index < -0.39 is 0 Å². The van der Waals surface area contributed by atoms with Crippen molar-refractivity contribution in [2.24, 2.45) is 0 Å². The van der Waals surface area contributed by atoms with Crippen LogP contribution in [0.5, 0.6) is 11.5 Å². The van der Waals surface area contributed by atoms with Gasteiger partial charge >= 0.3 is 0 Å². The second kappa shape index (κ2) is 5.68. The molecule has 2 aromatic rings. The van der Waals surface area contributed by atoms with Crippen LogP contribution in [0, 0.1) is 0 Å². The molecule has 1 atom stereocenters. The van der Waals surface area contributed by atoms with Gasteiger partial charge in [0.15, 0.2) is 0 Å². The van der Waals surface area contributed by atoms with E-state index in [4.69, 9.17) is 0 Å². The molecule has 0 aliphatic carbocycles. The molecule has 3 heteroatoms. The average molecular weight is 285 g/mol. The Balaban J connectivity index is 2.35. The Bertz CT molecular complexity index is 609. The predicted molar refractivity (Wildman–Crippen MR) is 87.0 cm³/mol. The fourth-order valence-electron chi connectivity index (χ4n) is 2.55. The van der Waals surface area contributed by atoms with Gasteiger partial charge in [-0.15, -0.1) is 0 Å². The van der Waals surface area contributed by atoms with E-state index in [0.29, 0.717) is 5.56 Å². The summed E-state index contributed by atoms with van der Waals surface area (Å²) < 4.78 is 0. The first-order valence-corrected chi connectivity index (χ1v) is 7.17. The van der Waals surface area contributed by atoms with E-state index in [9.17, 15) is 10.2 Å². The highest BCUT2D eigenvalue weighted by molar-refractivity contribution is 5.57. The smallest absolute Gasteiger partial charge is 0.124 e. The molecule has 0 saturated carbocycles. The maximum atomic E-state index is 9.97. The Morgan fingerprint density at radius 3 is 2.05 bits per heavy atom. The molecule has 2 rings (SSSR count). The minimum Gasteiger partial charge on any atom is -0.507 e. The second-order valence-corrected chi connectivity index (χ2v) is 6.37. The van der Waals surface area contributed by atoms with Crippen LogP contribution in [0.15, 0.2) is 42.5 Å². The summed E-state index contributed by atoms with van der Waals surface area (Å²) in [6, 6.07) is 12.7. The van der Waals surface area contributed by atoms with Crippen molar-refractivity contribution < 1.29 is 10.2 Å². The fourth-order valence-corrected chi connectivity index (χ4v) is 2.55. The van der Waals surface area contributed by atoms with Crippen LogP contribution in [0.3, 0.4) is 0 Å². The average Bonchev–Trinajstić information content (AvgIpc) is 2.37. The van der Waals surface area contributed by atoms with Crippen molar-refractivity contribution in [2.75, 3.05) is 5.32 Å². The highest BCUT2D eigenvalue weighted by Gasteiger charge is 2.20. The van der Waals surface area contributed by atoms with E-state index in [1.165, 1.54) is 5.56 Å². The molecule has 0 aliphatic rings. The predicted octanol–water partition coefficient (Wildman–Crippen LogP) is 4.57. The summed E-state index contributed by atoms with van der Waals surface area (Å²) >= 11 is 0. The van der Waals surface area contributed by atoms with Gasteiger partial charge in [0.05, 0.1) is 11.6 Å². The van der Waals surface area contributed by atoms with E-state index in [2.05, 4.69) is 32.2 Å². The number of aromatic hydroxyl groups is 2. The minimum atomic E-state index is -0.199. The first-order chi connectivity index (χ1) is 9.80. The maximum Gasteiger partial charge on any atom is 0.124 e. The molecule has 0 spiro atoms. The van der Waals surface area contributed by atoms with Crippen molar-refractivity contribution in [1.82, 2.24) is 0 Å². The number of phenols is 2. The summed E-state index contributed by atoms with van der Waals surface area (Å²) in [5.74, 6) is 0.200. The monoisotopic (exact) mass is 285 g/mol. The van der Waals surface area contributed by atoms with Crippen molar-refractivity contribution >= 4 is 5.69 Å². The van der Waals surface area contributed by atoms with Gasteiger partial charge in [-0.3, -0.25) is 0 Å². The summed E-state index contributed by atoms with van der Waals surface area (Å²) in [5.41, 5.74) is 2.75. The standard InChI is InChI=1S/C18H23NO2/c1-12(17-15(20)10-7-11-16(17)21)19-14-9-6-5-8-13(14)18(2,3)4/h5-12,19-21H,1-4H3. The van der Waals surface area contributed by atoms with Crippen LogP contribution < -0.4 is 5.32 Å². The molecule has 1 unspecified atom stereocenters. The molecule has 2 aromatic carbocycles. The van der Waals surface area contributed by atoms with Gasteiger partial charge in [0.1, 0.15) is 11.5 Å². The molecular weight excluding hydrogens is 262 g/mol. The molecule has 112 valence electrons. The number of hydrogen-bond donors (Lipinski definition) is 3. The third kappa shape index (κ3) is 3.30. The summed E-state index contributed by atoms with van der Waals surface area (Å²) in [7, 11) is 0. The highest BCUT2D eigenvalue weighted by atomic mass is 16.3. The summed E-state index contributed by atoms with van der Waals surface area (Å²) in [5, 5.41) is 23.3. The fraction of sp³-hybridized carbons (Fsp3) is 0.333. The highest BCUT2D eigenvalue weighted by Crippen LogP contribution is 2.36. The molecule has 0 aliphatic heterocycles. The van der Waals surface area contributed by atoms with Gasteiger partial charge in [-0.05, 0) is 36.1 Å². The minimum absolute atomic E-state index is 0.0179. The molecule has 0 radical (unpaired) electrons. The first kappa shape index (κ1) is 15.2. The number of para-hydroxylation sites is 1. The Hall–Kier alpha value is -2.16. The molecule has 0 heterocycles. The Labute approximate surface area is 126 Å². The van der Waals surface area contributed by atoms with E-state index in [1.807, 2.05) is 25.1 Å². The van der Waals surface area contributed by atoms with Gasteiger partial charge in [-0.1, -0.05) is 45.0 Å². The number of hydrogen-bond acceptors (Lipinski definition) is 3. The van der Waals surface area contributed by atoms with Crippen LogP contribution in [-0.2, 0) is 5.41 Å². The number of rotatable bonds is 3. The molecule has 3 N–H and O–H groups in total. The third-order valence-electron chi connectivity index (χ3n) is 3.60. The lowest BCUT2D eigenvalue weighted by Crippen LogP contribution is -2.16. The van der Waals surface area contributed by atoms with Crippen LogP contribution in [-0.4, -0.2) is 10.2 Å². The molecule has 0 fully saturated rings. The van der Waals surface area contributed by atoms with Gasteiger partial charge in [-0.2, -0.15) is 0 Å². The number of nitrogens with one attached hydrogen (secondary N) is 1. The zero-order valence-electron chi connectivity index (χ0n) is 13.0. The first-order valence-electron chi connectivity index (χ1n) is 7.17. The Morgan fingerprint density at radius 1 is 0.905 bits per heavy atom. The van der Waals surface area contributed by atoms with Crippen molar-refractivity contribution in [2.45, 2.75) is 39.2 Å². The normalized spacial score (nSPS) is 13.0. The summed E-state index contributed by atoms with van der Waals surface area (Å²) in [4.78, 5) is 0. The van der Waals surface area contributed by atoms with Crippen molar-refractivity contribution in [3.8, 4) is 11.5 Å². The lowest BCUT2D eigenvalue weighted by molar-refractivity contribution is 0.434. The van der Waals surface area contributed by atoms with E-state index in [1.54, 1.807) is 18.2 Å². The van der Waals surface area contributed by atoms with Crippen LogP contribution in [0.2, 0.25) is 0 Å². The quantitative estimate of drug-likeness (QED) is 0.774. The summed E-state index contributed by atoms with van der Waals surface area (Å²) in [6.45, 7) is 8.41. The van der Waals surface area contributed by atoms with E-state index in [-0.39, 0.29) is 23.0 Å². The molecule has 0 bridgehead atoms. The molecule has 0 amide bonds. The van der Waals surface area contributed by atoms with Gasteiger partial charge in [0.25, 0.3) is 0 Å². The summed E-state index contributed by atoms with van der Waals surface area (Å²) in [6.07, 6.45) is 0. The van der Waals surface area contributed by atoms with Crippen LogP contribution in [0.4, 0.5) is 5.69 Å². The van der Waals surface area contributed by atoms with Crippen LogP contribution >= 0.6 is 0 Å². The molecule has 0 aromatic heterocycles. The van der Waals surface area contributed by atoms with E-state index >= 15 is 0 Å². The third-order valence-corrected chi connectivity index (χ3v) is 3.60. The van der Waals surface area contributed by atoms with Crippen LogP contribution in [0.25, 0.3) is 0 Å². The lowest BCUT2D eigenvalue weighted by Gasteiger charge is -2.26. The number of anilines is 1. The van der Waals surface area contributed by atoms with Crippen molar-refractivity contribution in [3.05, 3.63) is 53.6 Å². The van der Waals surface area contributed by atoms with Gasteiger partial charge < -0.3 is 15.5 Å². The SMILES string of the molecule is CC(Nc1ccccc1C(C)(C)C)c1c(O)cccc1O. The van der Waals surface area contributed by atoms with Gasteiger partial charge in [0.2, 0.25) is 0 Å². The molecule has 21 heavy (non-hydrogen) atoms. The zero-order valence-corrected chi connectivity index (χ0v) is 13.0. The molecule has 0 saturated heterocycles. The van der Waals surface area contributed by atoms with E-state index in [0.717, 1.165) is 5.69 Å². The van der Waals surface area contributed by atoms with Crippen LogP contribution in [0.1, 0.15) is 44.9 Å². The molecule has 3 nitrogen and oxygen atoms in total. The van der Waals surface area contributed by atoms with Gasteiger partial charge in [-0.25, -0.2) is 0 Å². The molecular formula is C18H23NO2. The van der Waals surface area contributed by atoms with Crippen molar-refractivity contribution in [1.29, 1.82) is 0 Å². The Kier molecular flexibility index (Phi) is 4.12.